The summed E-state index contributed by atoms with van der Waals surface area (Å²) in [7, 11) is -3.20. The zero-order valence-corrected chi connectivity index (χ0v) is 16.8. The van der Waals surface area contributed by atoms with Crippen LogP contribution in [0.15, 0.2) is 28.8 Å². The lowest BCUT2D eigenvalue weighted by atomic mass is 9.95. The molecule has 1 aliphatic carbocycles. The molecule has 7 nitrogen and oxygen atoms in total. The van der Waals surface area contributed by atoms with E-state index in [2.05, 4.69) is 15.2 Å². The first-order valence-corrected chi connectivity index (χ1v) is 11.3. The highest BCUT2D eigenvalue weighted by atomic mass is 35.5. The third kappa shape index (κ3) is 3.11. The predicted octanol–water partition coefficient (Wildman–Crippen LogP) is 3.71. The summed E-state index contributed by atoms with van der Waals surface area (Å²) in [5, 5.41) is 8.10. The SMILES string of the molecule is O=S1(=O)CC(n2nc(C(F)F)cc2-c2nc(C3(c4ccc(F)cc4Cl)CC3)no2)C1. The molecule has 3 aromatic rings. The van der Waals surface area contributed by atoms with Crippen molar-refractivity contribution in [1.82, 2.24) is 19.9 Å². The molecule has 0 atom stereocenters. The summed E-state index contributed by atoms with van der Waals surface area (Å²) < 4.78 is 69.5. The van der Waals surface area contributed by atoms with E-state index in [4.69, 9.17) is 16.1 Å². The van der Waals surface area contributed by atoms with E-state index in [0.29, 0.717) is 24.2 Å². The molecule has 2 aromatic heterocycles. The zero-order valence-electron chi connectivity index (χ0n) is 15.2. The molecule has 1 aromatic carbocycles. The van der Waals surface area contributed by atoms with Gasteiger partial charge >= 0.3 is 0 Å². The lowest BCUT2D eigenvalue weighted by molar-refractivity contribution is 0.144. The average molecular weight is 459 g/mol. The number of hydrogen-bond donors (Lipinski definition) is 0. The lowest BCUT2D eigenvalue weighted by Gasteiger charge is -2.26. The summed E-state index contributed by atoms with van der Waals surface area (Å²) in [6, 6.07) is 4.62. The third-order valence-corrected chi connectivity index (χ3v) is 7.58. The van der Waals surface area contributed by atoms with Crippen LogP contribution in [0, 0.1) is 5.82 Å². The second-order valence-electron chi connectivity index (χ2n) is 7.56. The van der Waals surface area contributed by atoms with Crippen molar-refractivity contribution in [2.75, 3.05) is 11.5 Å². The topological polar surface area (TPSA) is 90.9 Å². The van der Waals surface area contributed by atoms with Gasteiger partial charge in [-0.1, -0.05) is 22.8 Å². The molecule has 1 saturated heterocycles. The number of hydrogen-bond acceptors (Lipinski definition) is 6. The first-order valence-electron chi connectivity index (χ1n) is 9.07. The van der Waals surface area contributed by atoms with Crippen LogP contribution in [0.1, 0.15) is 42.4 Å². The van der Waals surface area contributed by atoms with E-state index >= 15 is 0 Å². The minimum Gasteiger partial charge on any atom is -0.332 e. The fourth-order valence-electron chi connectivity index (χ4n) is 3.77. The van der Waals surface area contributed by atoms with Crippen molar-refractivity contribution in [3.63, 3.8) is 0 Å². The lowest BCUT2D eigenvalue weighted by Crippen LogP contribution is -2.39. The fraction of sp³-hybridized carbons (Fsp3) is 0.389. The fourth-order valence-corrected chi connectivity index (χ4v) is 5.48. The zero-order chi connectivity index (χ0) is 21.3. The molecule has 0 N–H and O–H groups in total. The molecule has 5 rings (SSSR count). The molecule has 1 saturated carbocycles. The van der Waals surface area contributed by atoms with Gasteiger partial charge in [0.15, 0.2) is 15.7 Å². The van der Waals surface area contributed by atoms with Crippen LogP contribution in [0.3, 0.4) is 0 Å². The van der Waals surface area contributed by atoms with Crippen LogP contribution in [-0.4, -0.2) is 39.8 Å². The molecule has 2 fully saturated rings. The van der Waals surface area contributed by atoms with Gasteiger partial charge in [-0.2, -0.15) is 10.1 Å². The van der Waals surface area contributed by atoms with E-state index in [0.717, 1.165) is 6.07 Å². The first-order chi connectivity index (χ1) is 14.2. The minimum atomic E-state index is -3.20. The van der Waals surface area contributed by atoms with Gasteiger partial charge in [-0.15, -0.1) is 0 Å². The van der Waals surface area contributed by atoms with Crippen molar-refractivity contribution >= 4 is 21.4 Å². The molecule has 0 unspecified atom stereocenters. The van der Waals surface area contributed by atoms with E-state index in [1.165, 1.54) is 16.8 Å². The Kier molecular flexibility index (Phi) is 4.27. The normalized spacial score (nSPS) is 19.8. The summed E-state index contributed by atoms with van der Waals surface area (Å²) in [5.41, 5.74) is -0.352. The van der Waals surface area contributed by atoms with Gasteiger partial charge in [-0.25, -0.2) is 21.6 Å². The van der Waals surface area contributed by atoms with Crippen LogP contribution in [0.4, 0.5) is 13.2 Å². The molecule has 2 aliphatic rings. The molecule has 1 aliphatic heterocycles. The molecular formula is C18H14ClF3N4O3S. The highest BCUT2D eigenvalue weighted by Gasteiger charge is 2.51. The maximum Gasteiger partial charge on any atom is 0.282 e. The molecule has 0 radical (unpaired) electrons. The standard InChI is InChI=1S/C18H14ClF3N4O3S/c19-12-5-9(20)1-2-11(12)18(3-4-18)17-23-16(29-25-17)14-6-13(15(21)22)24-26(14)10-7-30(27,28)8-10/h1-2,5-6,10,15H,3-4,7-8H2. The Balaban J connectivity index is 1.53. The number of nitrogens with zero attached hydrogens (tertiary/aromatic N) is 4. The number of aromatic nitrogens is 4. The van der Waals surface area contributed by atoms with E-state index in [1.54, 1.807) is 6.07 Å². The number of halogens is 4. The number of benzene rings is 1. The van der Waals surface area contributed by atoms with Crippen molar-refractivity contribution in [2.45, 2.75) is 30.7 Å². The molecule has 158 valence electrons. The maximum atomic E-state index is 13.4. The highest BCUT2D eigenvalue weighted by Crippen LogP contribution is 2.54. The maximum absolute atomic E-state index is 13.4. The summed E-state index contributed by atoms with van der Waals surface area (Å²) in [6.07, 6.45) is -1.50. The quantitative estimate of drug-likeness (QED) is 0.579. The van der Waals surface area contributed by atoms with Crippen LogP contribution in [-0.2, 0) is 15.3 Å². The third-order valence-electron chi connectivity index (χ3n) is 5.49. The van der Waals surface area contributed by atoms with Gasteiger partial charge in [-0.3, -0.25) is 4.68 Å². The van der Waals surface area contributed by atoms with Gasteiger partial charge in [0.05, 0.1) is 23.0 Å². The summed E-state index contributed by atoms with van der Waals surface area (Å²) in [5.74, 6) is -0.593. The highest BCUT2D eigenvalue weighted by molar-refractivity contribution is 7.92. The Morgan fingerprint density at radius 1 is 1.23 bits per heavy atom. The number of sulfone groups is 1. The Hall–Kier alpha value is -2.40. The van der Waals surface area contributed by atoms with Crippen molar-refractivity contribution in [2.24, 2.45) is 0 Å². The second kappa shape index (κ2) is 6.55. The van der Waals surface area contributed by atoms with E-state index < -0.39 is 39.2 Å². The molecule has 30 heavy (non-hydrogen) atoms. The van der Waals surface area contributed by atoms with E-state index in [9.17, 15) is 21.6 Å². The summed E-state index contributed by atoms with van der Waals surface area (Å²) >= 11 is 6.21. The molecular weight excluding hydrogens is 445 g/mol. The Bertz CT molecular complexity index is 1240. The van der Waals surface area contributed by atoms with Gasteiger partial charge in [0.2, 0.25) is 0 Å². The van der Waals surface area contributed by atoms with Gasteiger partial charge in [0, 0.05) is 5.02 Å². The molecule has 0 spiro atoms. The molecule has 12 heteroatoms. The largest absolute Gasteiger partial charge is 0.332 e. The monoisotopic (exact) mass is 458 g/mol. The van der Waals surface area contributed by atoms with Crippen molar-refractivity contribution in [3.8, 4) is 11.6 Å². The Morgan fingerprint density at radius 3 is 2.57 bits per heavy atom. The second-order valence-corrected chi connectivity index (χ2v) is 10.1. The van der Waals surface area contributed by atoms with Crippen molar-refractivity contribution in [3.05, 3.63) is 52.2 Å². The molecule has 3 heterocycles. The van der Waals surface area contributed by atoms with E-state index in [-0.39, 0.29) is 28.1 Å². The first kappa shape index (κ1) is 19.6. The summed E-state index contributed by atoms with van der Waals surface area (Å²) in [4.78, 5) is 4.38. The minimum absolute atomic E-state index is 0.0433. The van der Waals surface area contributed by atoms with Gasteiger partial charge < -0.3 is 4.52 Å². The summed E-state index contributed by atoms with van der Waals surface area (Å²) in [6.45, 7) is 0. The van der Waals surface area contributed by atoms with Crippen LogP contribution in [0.25, 0.3) is 11.6 Å². The van der Waals surface area contributed by atoms with Crippen molar-refractivity contribution in [1.29, 1.82) is 0 Å². The van der Waals surface area contributed by atoms with Crippen molar-refractivity contribution < 1.29 is 26.1 Å². The number of alkyl halides is 2. The van der Waals surface area contributed by atoms with Gasteiger partial charge in [0.1, 0.15) is 17.2 Å². The van der Waals surface area contributed by atoms with Crippen LogP contribution >= 0.6 is 11.6 Å². The smallest absolute Gasteiger partial charge is 0.282 e. The molecule has 0 amide bonds. The van der Waals surface area contributed by atoms with Crippen LogP contribution < -0.4 is 0 Å². The predicted molar refractivity (Wildman–Crippen MR) is 99.6 cm³/mol. The number of rotatable bonds is 5. The van der Waals surface area contributed by atoms with Crippen LogP contribution in [0.5, 0.6) is 0 Å². The van der Waals surface area contributed by atoms with Crippen LogP contribution in [0.2, 0.25) is 5.02 Å². The van der Waals surface area contributed by atoms with Gasteiger partial charge in [-0.05, 0) is 36.6 Å². The van der Waals surface area contributed by atoms with Gasteiger partial charge in [0.25, 0.3) is 12.3 Å². The average Bonchev–Trinajstić information content (AvgIpc) is 3.11. The van der Waals surface area contributed by atoms with E-state index in [1.807, 2.05) is 0 Å². The Labute approximate surface area is 173 Å². The Morgan fingerprint density at radius 2 is 1.97 bits per heavy atom. The molecule has 0 bridgehead atoms.